The van der Waals surface area contributed by atoms with E-state index in [2.05, 4.69) is 72.3 Å². The first-order valence-electron chi connectivity index (χ1n) is 8.24. The van der Waals surface area contributed by atoms with Crippen LogP contribution in [0, 0.1) is 0 Å². The lowest BCUT2D eigenvalue weighted by molar-refractivity contribution is 0.306. The molecule has 0 saturated heterocycles. The molecule has 0 fully saturated rings. The molecular weight excluding hydrogens is 447 g/mol. The van der Waals surface area contributed by atoms with Crippen molar-refractivity contribution in [3.8, 4) is 0 Å². The topological polar surface area (TPSA) is 57.5 Å². The van der Waals surface area contributed by atoms with Gasteiger partial charge >= 0.3 is 0 Å². The smallest absolute Gasteiger partial charge is 0.191 e. The standard InChI is InChI=1S/C17H28N6S.HI/c1-6-18-17(21-13(2)16-8-7-9-24-16)19-11-15(22(3)4)14-10-20-23(5)12-14;/h7-10,12-13,15H,6,11H2,1-5H3,(H2,18,19,21);1H. The van der Waals surface area contributed by atoms with Crippen molar-refractivity contribution in [1.29, 1.82) is 0 Å². The van der Waals surface area contributed by atoms with Crippen LogP contribution in [-0.2, 0) is 7.05 Å². The molecule has 25 heavy (non-hydrogen) atoms. The highest BCUT2D eigenvalue weighted by Gasteiger charge is 2.16. The van der Waals surface area contributed by atoms with Crippen LogP contribution >= 0.6 is 35.3 Å². The zero-order valence-corrected chi connectivity index (χ0v) is 18.7. The molecule has 140 valence electrons. The van der Waals surface area contributed by atoms with Crippen LogP contribution in [0.4, 0.5) is 0 Å². The van der Waals surface area contributed by atoms with E-state index in [9.17, 15) is 0 Å². The maximum atomic E-state index is 4.79. The van der Waals surface area contributed by atoms with Gasteiger partial charge in [0.2, 0.25) is 0 Å². The number of aliphatic imine (C=N–C) groups is 1. The highest BCUT2D eigenvalue weighted by molar-refractivity contribution is 14.0. The predicted octanol–water partition coefficient (Wildman–Crippen LogP) is 3.02. The maximum absolute atomic E-state index is 4.79. The fourth-order valence-corrected chi connectivity index (χ4v) is 3.23. The summed E-state index contributed by atoms with van der Waals surface area (Å²) >= 11 is 1.76. The van der Waals surface area contributed by atoms with Gasteiger partial charge in [-0.2, -0.15) is 5.10 Å². The summed E-state index contributed by atoms with van der Waals surface area (Å²) in [7, 11) is 6.08. The minimum Gasteiger partial charge on any atom is -0.357 e. The van der Waals surface area contributed by atoms with Crippen LogP contribution in [0.2, 0.25) is 0 Å². The van der Waals surface area contributed by atoms with Crippen molar-refractivity contribution >= 4 is 41.3 Å². The first-order chi connectivity index (χ1) is 11.5. The molecule has 2 unspecified atom stereocenters. The fraction of sp³-hybridized carbons (Fsp3) is 0.529. The van der Waals surface area contributed by atoms with Crippen LogP contribution < -0.4 is 10.6 Å². The Kier molecular flexibility index (Phi) is 9.44. The van der Waals surface area contributed by atoms with Gasteiger partial charge in [0.1, 0.15) is 0 Å². The Hall–Kier alpha value is -1.13. The SMILES string of the molecule is CCNC(=NCC(c1cnn(C)c1)N(C)C)NC(C)c1cccs1.I. The van der Waals surface area contributed by atoms with Crippen molar-refractivity contribution in [3.05, 3.63) is 40.3 Å². The summed E-state index contributed by atoms with van der Waals surface area (Å²) in [6.45, 7) is 5.74. The molecule has 8 heteroatoms. The number of nitrogens with zero attached hydrogens (tertiary/aromatic N) is 4. The summed E-state index contributed by atoms with van der Waals surface area (Å²) in [5, 5.41) is 13.2. The molecule has 6 nitrogen and oxygen atoms in total. The number of likely N-dealkylation sites (N-methyl/N-ethyl adjacent to an activating group) is 1. The van der Waals surface area contributed by atoms with Crippen molar-refractivity contribution < 1.29 is 0 Å². The number of thiophene rings is 1. The van der Waals surface area contributed by atoms with E-state index in [4.69, 9.17) is 4.99 Å². The van der Waals surface area contributed by atoms with Gasteiger partial charge in [-0.3, -0.25) is 9.67 Å². The molecule has 0 bridgehead atoms. The van der Waals surface area contributed by atoms with Gasteiger partial charge in [0.25, 0.3) is 0 Å². The Balaban J connectivity index is 0.00000312. The Labute approximate surface area is 171 Å². The van der Waals surface area contributed by atoms with Crippen LogP contribution in [0.25, 0.3) is 0 Å². The van der Waals surface area contributed by atoms with E-state index >= 15 is 0 Å². The largest absolute Gasteiger partial charge is 0.357 e. The van der Waals surface area contributed by atoms with Crippen molar-refractivity contribution in [2.75, 3.05) is 27.2 Å². The summed E-state index contributed by atoms with van der Waals surface area (Å²) in [6, 6.07) is 4.65. The van der Waals surface area contributed by atoms with Crippen LogP contribution in [0.5, 0.6) is 0 Å². The molecule has 2 rings (SSSR count). The van der Waals surface area contributed by atoms with E-state index in [0.29, 0.717) is 6.54 Å². The lowest BCUT2D eigenvalue weighted by Gasteiger charge is -2.23. The number of rotatable bonds is 7. The minimum atomic E-state index is 0. The highest BCUT2D eigenvalue weighted by Crippen LogP contribution is 2.19. The summed E-state index contributed by atoms with van der Waals surface area (Å²) in [5.74, 6) is 0.842. The van der Waals surface area contributed by atoms with Crippen molar-refractivity contribution in [2.45, 2.75) is 25.9 Å². The van der Waals surface area contributed by atoms with Crippen LogP contribution in [0.1, 0.15) is 36.4 Å². The average molecular weight is 476 g/mol. The molecule has 0 aromatic carbocycles. The normalized spacial score (nSPS) is 14.1. The lowest BCUT2D eigenvalue weighted by Crippen LogP contribution is -2.39. The molecule has 2 N–H and O–H groups in total. The van der Waals surface area contributed by atoms with Crippen LogP contribution in [0.15, 0.2) is 34.9 Å². The average Bonchev–Trinajstić information content (AvgIpc) is 3.19. The third-order valence-electron chi connectivity index (χ3n) is 3.82. The summed E-state index contributed by atoms with van der Waals surface area (Å²) < 4.78 is 1.83. The Morgan fingerprint density at radius 2 is 2.20 bits per heavy atom. The van der Waals surface area contributed by atoms with E-state index < -0.39 is 0 Å². The summed E-state index contributed by atoms with van der Waals surface area (Å²) in [6.07, 6.45) is 3.96. The molecule has 0 aliphatic carbocycles. The van der Waals surface area contributed by atoms with E-state index in [0.717, 1.165) is 12.5 Å². The molecule has 0 aliphatic heterocycles. The zero-order valence-electron chi connectivity index (χ0n) is 15.6. The van der Waals surface area contributed by atoms with Gasteiger partial charge < -0.3 is 15.5 Å². The molecule has 2 aromatic heterocycles. The first kappa shape index (κ1) is 21.9. The van der Waals surface area contributed by atoms with Gasteiger partial charge in [-0.15, -0.1) is 35.3 Å². The van der Waals surface area contributed by atoms with E-state index in [-0.39, 0.29) is 36.1 Å². The quantitative estimate of drug-likeness (QED) is 0.367. The molecule has 2 heterocycles. The third kappa shape index (κ3) is 6.59. The highest BCUT2D eigenvalue weighted by atomic mass is 127. The maximum Gasteiger partial charge on any atom is 0.191 e. The number of hydrogen-bond donors (Lipinski definition) is 2. The number of aromatic nitrogens is 2. The second-order valence-electron chi connectivity index (χ2n) is 6.03. The second-order valence-corrected chi connectivity index (χ2v) is 7.01. The van der Waals surface area contributed by atoms with Crippen LogP contribution in [0.3, 0.4) is 0 Å². The number of nitrogens with one attached hydrogen (secondary N) is 2. The van der Waals surface area contributed by atoms with Crippen molar-refractivity contribution in [2.24, 2.45) is 12.0 Å². The molecule has 2 aromatic rings. The molecule has 0 spiro atoms. The Morgan fingerprint density at radius 3 is 2.72 bits per heavy atom. The molecule has 0 aliphatic rings. The van der Waals surface area contributed by atoms with E-state index in [1.54, 1.807) is 11.3 Å². The summed E-state index contributed by atoms with van der Waals surface area (Å²) in [5.41, 5.74) is 1.17. The zero-order chi connectivity index (χ0) is 17.5. The Bertz CT molecular complexity index is 637. The van der Waals surface area contributed by atoms with Gasteiger partial charge in [0, 0.05) is 30.2 Å². The van der Waals surface area contributed by atoms with Crippen LogP contribution in [-0.4, -0.2) is 47.8 Å². The van der Waals surface area contributed by atoms with Gasteiger partial charge in [-0.1, -0.05) is 6.07 Å². The molecule has 2 atom stereocenters. The van der Waals surface area contributed by atoms with Gasteiger partial charge in [0.05, 0.1) is 24.8 Å². The van der Waals surface area contributed by atoms with Gasteiger partial charge in [-0.25, -0.2) is 0 Å². The number of hydrogen-bond acceptors (Lipinski definition) is 4. The fourth-order valence-electron chi connectivity index (χ4n) is 2.49. The number of aryl methyl sites for hydroxylation is 1. The molecule has 0 amide bonds. The predicted molar refractivity (Wildman–Crippen MR) is 117 cm³/mol. The summed E-state index contributed by atoms with van der Waals surface area (Å²) in [4.78, 5) is 8.27. The first-order valence-corrected chi connectivity index (χ1v) is 9.12. The number of halogens is 1. The monoisotopic (exact) mass is 476 g/mol. The Morgan fingerprint density at radius 1 is 1.44 bits per heavy atom. The van der Waals surface area contributed by atoms with Crippen molar-refractivity contribution in [1.82, 2.24) is 25.3 Å². The molecular formula is C17H29IN6S. The molecule has 0 radical (unpaired) electrons. The minimum absolute atomic E-state index is 0. The van der Waals surface area contributed by atoms with E-state index in [1.165, 1.54) is 10.4 Å². The van der Waals surface area contributed by atoms with Gasteiger partial charge in [0.15, 0.2) is 5.96 Å². The lowest BCUT2D eigenvalue weighted by atomic mass is 10.1. The second kappa shape index (κ2) is 10.8. The third-order valence-corrected chi connectivity index (χ3v) is 4.88. The van der Waals surface area contributed by atoms with Crippen molar-refractivity contribution in [3.63, 3.8) is 0 Å². The number of guanidine groups is 1. The van der Waals surface area contributed by atoms with Gasteiger partial charge in [-0.05, 0) is 39.4 Å². The molecule has 0 saturated carbocycles. The van der Waals surface area contributed by atoms with E-state index in [1.807, 2.05) is 17.9 Å².